The molecule has 1 N–H and O–H groups in total. The summed E-state index contributed by atoms with van der Waals surface area (Å²) in [5.74, 6) is -0.464. The van der Waals surface area contributed by atoms with Crippen LogP contribution in [-0.4, -0.2) is 49.5 Å². The maximum absolute atomic E-state index is 13.6. The van der Waals surface area contributed by atoms with Crippen molar-refractivity contribution in [3.8, 4) is 0 Å². The number of anilines is 1. The number of amides is 2. The van der Waals surface area contributed by atoms with E-state index in [1.54, 1.807) is 17.0 Å². The van der Waals surface area contributed by atoms with Gasteiger partial charge in [0.05, 0.1) is 11.9 Å². The van der Waals surface area contributed by atoms with Crippen molar-refractivity contribution in [3.05, 3.63) is 64.2 Å². The molecule has 0 bridgehead atoms. The molecule has 0 radical (unpaired) electrons. The zero-order valence-corrected chi connectivity index (χ0v) is 24.5. The number of carbonyl (C=O) groups excluding carboxylic acids is 2. The molecule has 7 nitrogen and oxygen atoms in total. The summed E-state index contributed by atoms with van der Waals surface area (Å²) in [5, 5.41) is 3.50. The molecule has 0 spiro atoms. The molecule has 0 saturated carbocycles. The van der Waals surface area contributed by atoms with Gasteiger partial charge < -0.3 is 10.2 Å². The second kappa shape index (κ2) is 12.8. The lowest BCUT2D eigenvalue weighted by Crippen LogP contribution is -2.53. The molecular formula is C28H40ClN3O4S. The molecule has 1 atom stereocenters. The molecule has 0 saturated heterocycles. The van der Waals surface area contributed by atoms with E-state index >= 15 is 0 Å². The van der Waals surface area contributed by atoms with Gasteiger partial charge in [0.25, 0.3) is 0 Å². The predicted octanol–water partition coefficient (Wildman–Crippen LogP) is 5.23. The Morgan fingerprint density at radius 2 is 1.70 bits per heavy atom. The molecule has 37 heavy (non-hydrogen) atoms. The molecule has 0 fully saturated rings. The molecule has 2 aromatic rings. The highest BCUT2D eigenvalue weighted by Gasteiger charge is 2.31. The van der Waals surface area contributed by atoms with E-state index < -0.39 is 21.6 Å². The molecule has 2 aromatic carbocycles. The minimum Gasteiger partial charge on any atom is -0.350 e. The number of carbonyl (C=O) groups is 2. The monoisotopic (exact) mass is 549 g/mol. The van der Waals surface area contributed by atoms with Crippen LogP contribution in [0.3, 0.4) is 0 Å². The third kappa shape index (κ3) is 8.75. The van der Waals surface area contributed by atoms with E-state index in [1.165, 1.54) is 10.6 Å². The maximum Gasteiger partial charge on any atom is 0.243 e. The van der Waals surface area contributed by atoms with E-state index in [0.717, 1.165) is 16.7 Å². The number of hydrogen-bond donors (Lipinski definition) is 1. The van der Waals surface area contributed by atoms with Gasteiger partial charge in [-0.2, -0.15) is 0 Å². The number of benzene rings is 2. The fraction of sp³-hybridized carbons (Fsp3) is 0.500. The largest absolute Gasteiger partial charge is 0.350 e. The topological polar surface area (TPSA) is 86.8 Å². The lowest BCUT2D eigenvalue weighted by molar-refractivity contribution is -0.142. The van der Waals surface area contributed by atoms with E-state index in [0.29, 0.717) is 23.6 Å². The van der Waals surface area contributed by atoms with Crippen LogP contribution in [0.4, 0.5) is 5.69 Å². The second-order valence-electron chi connectivity index (χ2n) is 10.4. The van der Waals surface area contributed by atoms with Gasteiger partial charge >= 0.3 is 0 Å². The van der Waals surface area contributed by atoms with Gasteiger partial charge in [-0.1, -0.05) is 48.9 Å². The zero-order valence-electron chi connectivity index (χ0n) is 23.0. The zero-order chi connectivity index (χ0) is 28.0. The first-order valence-corrected chi connectivity index (χ1v) is 14.8. The normalized spacial score (nSPS) is 12.6. The van der Waals surface area contributed by atoms with Gasteiger partial charge in [-0.15, -0.1) is 0 Å². The fourth-order valence-corrected chi connectivity index (χ4v) is 5.38. The number of halogens is 1. The number of nitrogens with zero attached hydrogens (tertiary/aromatic N) is 2. The molecule has 0 aromatic heterocycles. The first kappa shape index (κ1) is 30.6. The molecule has 204 valence electrons. The van der Waals surface area contributed by atoms with Gasteiger partial charge in [-0.25, -0.2) is 8.42 Å². The summed E-state index contributed by atoms with van der Waals surface area (Å²) in [6.45, 7) is 11.7. The van der Waals surface area contributed by atoms with Crippen LogP contribution in [0.25, 0.3) is 0 Å². The van der Waals surface area contributed by atoms with Gasteiger partial charge in [-0.05, 0) is 76.3 Å². The lowest BCUT2D eigenvalue weighted by Gasteiger charge is -2.33. The van der Waals surface area contributed by atoms with Crippen LogP contribution in [0.15, 0.2) is 42.5 Å². The smallest absolute Gasteiger partial charge is 0.243 e. The Kier molecular flexibility index (Phi) is 10.6. The SMILES string of the molecule is CC[C@@H](C(=O)NC(C)(C)C)N(Cc1ccccc1Cl)C(=O)CCCN(c1cccc(C)c1C)S(C)(=O)=O. The summed E-state index contributed by atoms with van der Waals surface area (Å²) in [6, 6.07) is 12.1. The van der Waals surface area contributed by atoms with Crippen molar-refractivity contribution in [2.24, 2.45) is 0 Å². The van der Waals surface area contributed by atoms with E-state index in [1.807, 2.05) is 71.9 Å². The molecule has 0 aliphatic heterocycles. The summed E-state index contributed by atoms with van der Waals surface area (Å²) in [7, 11) is -3.56. The Morgan fingerprint density at radius 3 is 2.27 bits per heavy atom. The standard InChI is InChI=1S/C28H40ClN3O4S/c1-8-24(27(34)30-28(4,5)6)31(19-22-14-9-10-15-23(22)29)26(33)17-12-18-32(37(7,35)36)25-16-11-13-20(2)21(25)3/h9-11,13-16,24H,8,12,17-19H2,1-7H3,(H,30,34)/t24-/m0/s1. The second-order valence-corrected chi connectivity index (χ2v) is 12.7. The highest BCUT2D eigenvalue weighted by molar-refractivity contribution is 7.92. The van der Waals surface area contributed by atoms with Crippen LogP contribution >= 0.6 is 11.6 Å². The average Bonchev–Trinajstić information content (AvgIpc) is 2.78. The highest BCUT2D eigenvalue weighted by Crippen LogP contribution is 2.26. The summed E-state index contributed by atoms with van der Waals surface area (Å²) < 4.78 is 26.6. The maximum atomic E-state index is 13.6. The molecule has 0 heterocycles. The Labute approximate surface area is 227 Å². The number of aryl methyl sites for hydroxylation is 1. The van der Waals surface area contributed by atoms with Gasteiger partial charge in [0.2, 0.25) is 21.8 Å². The average molecular weight is 550 g/mol. The quantitative estimate of drug-likeness (QED) is 0.416. The molecular weight excluding hydrogens is 510 g/mol. The first-order chi connectivity index (χ1) is 17.2. The first-order valence-electron chi connectivity index (χ1n) is 12.5. The van der Waals surface area contributed by atoms with Gasteiger partial charge in [0, 0.05) is 30.1 Å². The van der Waals surface area contributed by atoms with E-state index in [9.17, 15) is 18.0 Å². The summed E-state index contributed by atoms with van der Waals surface area (Å²) >= 11 is 6.39. The van der Waals surface area contributed by atoms with Crippen LogP contribution in [0.2, 0.25) is 5.02 Å². The van der Waals surface area contributed by atoms with Crippen LogP contribution in [0.1, 0.15) is 63.6 Å². The highest BCUT2D eigenvalue weighted by atomic mass is 35.5. The summed E-state index contributed by atoms with van der Waals surface area (Å²) in [6.07, 6.45) is 1.98. The van der Waals surface area contributed by atoms with Gasteiger partial charge in [-0.3, -0.25) is 13.9 Å². The van der Waals surface area contributed by atoms with Crippen molar-refractivity contribution in [1.82, 2.24) is 10.2 Å². The Bertz CT molecular complexity index is 1210. The molecule has 0 aliphatic rings. The minimum absolute atomic E-state index is 0.0840. The number of nitrogens with one attached hydrogen (secondary N) is 1. The van der Waals surface area contributed by atoms with E-state index in [4.69, 9.17) is 11.6 Å². The van der Waals surface area contributed by atoms with Crippen LogP contribution in [0, 0.1) is 13.8 Å². The molecule has 0 aliphatic carbocycles. The number of rotatable bonds is 11. The van der Waals surface area contributed by atoms with E-state index in [2.05, 4.69) is 5.32 Å². The lowest BCUT2D eigenvalue weighted by atomic mass is 10.0. The molecule has 0 unspecified atom stereocenters. The van der Waals surface area contributed by atoms with Crippen molar-refractivity contribution < 1.29 is 18.0 Å². The Balaban J connectivity index is 2.29. The molecule has 2 rings (SSSR count). The van der Waals surface area contributed by atoms with Crippen LogP contribution in [-0.2, 0) is 26.2 Å². The van der Waals surface area contributed by atoms with Crippen molar-refractivity contribution in [3.63, 3.8) is 0 Å². The Hall–Kier alpha value is -2.58. The van der Waals surface area contributed by atoms with Gasteiger partial charge in [0.1, 0.15) is 6.04 Å². The van der Waals surface area contributed by atoms with Crippen LogP contribution < -0.4 is 9.62 Å². The summed E-state index contributed by atoms with van der Waals surface area (Å²) in [4.78, 5) is 28.3. The van der Waals surface area contributed by atoms with Crippen LogP contribution in [0.5, 0.6) is 0 Å². The van der Waals surface area contributed by atoms with Crippen molar-refractivity contribution in [2.75, 3.05) is 17.1 Å². The van der Waals surface area contributed by atoms with E-state index in [-0.39, 0.29) is 31.3 Å². The third-order valence-electron chi connectivity index (χ3n) is 6.18. The molecule has 2 amide bonds. The number of sulfonamides is 1. The third-order valence-corrected chi connectivity index (χ3v) is 7.73. The van der Waals surface area contributed by atoms with Gasteiger partial charge in [0.15, 0.2) is 0 Å². The fourth-order valence-electron chi connectivity index (χ4n) is 4.17. The summed E-state index contributed by atoms with van der Waals surface area (Å²) in [5.41, 5.74) is 2.77. The van der Waals surface area contributed by atoms with Crippen molar-refractivity contribution >= 4 is 39.1 Å². The van der Waals surface area contributed by atoms with Crippen molar-refractivity contribution in [1.29, 1.82) is 0 Å². The van der Waals surface area contributed by atoms with Crippen molar-refractivity contribution in [2.45, 2.75) is 78.9 Å². The molecule has 9 heteroatoms. The number of hydrogen-bond acceptors (Lipinski definition) is 4. The predicted molar refractivity (Wildman–Crippen MR) is 151 cm³/mol. The minimum atomic E-state index is -3.56. The Morgan fingerprint density at radius 1 is 1.05 bits per heavy atom.